The number of nitrogens with zero attached hydrogens (tertiary/aromatic N) is 3. The van der Waals surface area contributed by atoms with Crippen molar-refractivity contribution in [3.05, 3.63) is 12.2 Å². The molecule has 3 atom stereocenters. The van der Waals surface area contributed by atoms with Crippen LogP contribution in [0.1, 0.15) is 32.5 Å². The molecule has 0 saturated carbocycles. The number of nitrogens with two attached hydrogens (primary N) is 1. The molecule has 0 aliphatic carbocycles. The number of aromatic nitrogens is 3. The molecule has 3 N–H and O–H groups in total. The molecule has 2 rings (SSSR count). The lowest BCUT2D eigenvalue weighted by Gasteiger charge is -2.24. The summed E-state index contributed by atoms with van der Waals surface area (Å²) in [5, 5.41) is 4.24. The molecule has 0 spiro atoms. The minimum atomic E-state index is 0.197. The Morgan fingerprint density at radius 1 is 1.67 bits per heavy atom. The smallest absolute Gasteiger partial charge is 0.138 e. The van der Waals surface area contributed by atoms with E-state index >= 15 is 0 Å². The maximum absolute atomic E-state index is 5.69. The normalized spacial score (nSPS) is 25.5. The molecule has 1 aromatic rings. The molecular weight excluding hydrogens is 230 g/mol. The zero-order chi connectivity index (χ0) is 13.0. The molecule has 102 valence electrons. The minimum absolute atomic E-state index is 0.197. The van der Waals surface area contributed by atoms with Gasteiger partial charge in [0.15, 0.2) is 0 Å². The quantitative estimate of drug-likeness (QED) is 0.570. The molecule has 6 nitrogen and oxygen atoms in total. The van der Waals surface area contributed by atoms with Gasteiger partial charge in [0.2, 0.25) is 0 Å². The van der Waals surface area contributed by atoms with Crippen LogP contribution < -0.4 is 11.3 Å². The lowest BCUT2D eigenvalue weighted by atomic mass is 9.91. The highest BCUT2D eigenvalue weighted by Gasteiger charge is 2.32. The summed E-state index contributed by atoms with van der Waals surface area (Å²) in [4.78, 5) is 4.33. The lowest BCUT2D eigenvalue weighted by molar-refractivity contribution is 0.0950. The first kappa shape index (κ1) is 13.5. The number of hydrogen-bond donors (Lipinski definition) is 2. The van der Waals surface area contributed by atoms with E-state index in [4.69, 9.17) is 10.6 Å². The fraction of sp³-hybridized carbons (Fsp3) is 0.833. The summed E-state index contributed by atoms with van der Waals surface area (Å²) in [6.07, 6.45) is 4.79. The number of hydrazine groups is 1. The SMILES string of the molecule is CCCn1ncnc1CC(NN)C1CCOC1C. The van der Waals surface area contributed by atoms with Gasteiger partial charge < -0.3 is 4.74 Å². The second kappa shape index (κ2) is 6.26. The van der Waals surface area contributed by atoms with Crippen molar-refractivity contribution >= 4 is 0 Å². The molecule has 1 fully saturated rings. The van der Waals surface area contributed by atoms with E-state index in [-0.39, 0.29) is 12.1 Å². The van der Waals surface area contributed by atoms with E-state index in [0.717, 1.165) is 38.2 Å². The van der Waals surface area contributed by atoms with Crippen molar-refractivity contribution < 1.29 is 4.74 Å². The summed E-state index contributed by atoms with van der Waals surface area (Å²) in [5.41, 5.74) is 2.92. The Hall–Kier alpha value is -0.980. The molecule has 1 aromatic heterocycles. The van der Waals surface area contributed by atoms with Gasteiger partial charge in [-0.05, 0) is 19.8 Å². The average molecular weight is 253 g/mol. The highest BCUT2D eigenvalue weighted by atomic mass is 16.5. The van der Waals surface area contributed by atoms with Crippen molar-refractivity contribution in [1.29, 1.82) is 0 Å². The Labute approximate surface area is 108 Å². The van der Waals surface area contributed by atoms with Crippen molar-refractivity contribution in [2.24, 2.45) is 11.8 Å². The summed E-state index contributed by atoms with van der Waals surface area (Å²) in [7, 11) is 0. The molecule has 0 amide bonds. The Morgan fingerprint density at radius 2 is 2.50 bits per heavy atom. The van der Waals surface area contributed by atoms with Crippen LogP contribution in [0.4, 0.5) is 0 Å². The Bertz CT molecular complexity index is 367. The van der Waals surface area contributed by atoms with E-state index in [9.17, 15) is 0 Å². The summed E-state index contributed by atoms with van der Waals surface area (Å²) < 4.78 is 7.57. The molecule has 2 heterocycles. The maximum atomic E-state index is 5.69. The molecule has 0 aromatic carbocycles. The first-order chi connectivity index (χ1) is 8.76. The van der Waals surface area contributed by atoms with Gasteiger partial charge in [-0.1, -0.05) is 6.92 Å². The van der Waals surface area contributed by atoms with Crippen LogP contribution in [0.25, 0.3) is 0 Å². The summed E-state index contributed by atoms with van der Waals surface area (Å²) in [5.74, 6) is 7.14. The number of ether oxygens (including phenoxy) is 1. The molecule has 0 bridgehead atoms. The molecule has 0 radical (unpaired) electrons. The first-order valence-corrected chi connectivity index (χ1v) is 6.70. The van der Waals surface area contributed by atoms with Gasteiger partial charge in [-0.2, -0.15) is 5.10 Å². The van der Waals surface area contributed by atoms with E-state index in [0.29, 0.717) is 5.92 Å². The van der Waals surface area contributed by atoms with Crippen LogP contribution in [0.2, 0.25) is 0 Å². The van der Waals surface area contributed by atoms with Gasteiger partial charge in [-0.3, -0.25) is 16.0 Å². The van der Waals surface area contributed by atoms with Crippen molar-refractivity contribution in [3.8, 4) is 0 Å². The number of hydrogen-bond acceptors (Lipinski definition) is 5. The van der Waals surface area contributed by atoms with Gasteiger partial charge in [0.05, 0.1) is 6.10 Å². The maximum Gasteiger partial charge on any atom is 0.138 e. The summed E-state index contributed by atoms with van der Waals surface area (Å²) >= 11 is 0. The van der Waals surface area contributed by atoms with E-state index in [1.54, 1.807) is 6.33 Å². The highest BCUT2D eigenvalue weighted by Crippen LogP contribution is 2.25. The van der Waals surface area contributed by atoms with Gasteiger partial charge in [0.25, 0.3) is 0 Å². The fourth-order valence-corrected chi connectivity index (χ4v) is 2.65. The number of rotatable bonds is 6. The summed E-state index contributed by atoms with van der Waals surface area (Å²) in [6.45, 7) is 5.98. The third kappa shape index (κ3) is 2.88. The van der Waals surface area contributed by atoms with Crippen molar-refractivity contribution in [2.45, 2.75) is 51.8 Å². The number of nitrogens with one attached hydrogen (secondary N) is 1. The molecule has 3 unspecified atom stereocenters. The van der Waals surface area contributed by atoms with Crippen LogP contribution in [-0.4, -0.2) is 33.5 Å². The second-order valence-corrected chi connectivity index (χ2v) is 4.91. The largest absolute Gasteiger partial charge is 0.378 e. The van der Waals surface area contributed by atoms with Gasteiger partial charge in [0.1, 0.15) is 12.2 Å². The van der Waals surface area contributed by atoms with E-state index in [1.807, 2.05) is 4.68 Å². The van der Waals surface area contributed by atoms with Crippen molar-refractivity contribution in [2.75, 3.05) is 6.61 Å². The van der Waals surface area contributed by atoms with Crippen LogP contribution in [0.5, 0.6) is 0 Å². The van der Waals surface area contributed by atoms with Crippen LogP contribution >= 0.6 is 0 Å². The van der Waals surface area contributed by atoms with E-state index < -0.39 is 0 Å². The van der Waals surface area contributed by atoms with Crippen molar-refractivity contribution in [1.82, 2.24) is 20.2 Å². The van der Waals surface area contributed by atoms with Crippen molar-refractivity contribution in [3.63, 3.8) is 0 Å². The first-order valence-electron chi connectivity index (χ1n) is 6.70. The third-order valence-electron chi connectivity index (χ3n) is 3.70. The Balaban J connectivity index is 2.03. The van der Waals surface area contributed by atoms with E-state index in [2.05, 4.69) is 29.4 Å². The second-order valence-electron chi connectivity index (χ2n) is 4.91. The highest BCUT2D eigenvalue weighted by molar-refractivity contribution is 4.94. The predicted molar refractivity (Wildman–Crippen MR) is 68.6 cm³/mol. The summed E-state index contributed by atoms with van der Waals surface area (Å²) in [6, 6.07) is 0.197. The zero-order valence-electron chi connectivity index (χ0n) is 11.2. The molecule has 18 heavy (non-hydrogen) atoms. The topological polar surface area (TPSA) is 78.0 Å². The van der Waals surface area contributed by atoms with Crippen LogP contribution in [0.15, 0.2) is 6.33 Å². The van der Waals surface area contributed by atoms with Gasteiger partial charge in [-0.25, -0.2) is 4.98 Å². The average Bonchev–Trinajstić information content (AvgIpc) is 2.96. The monoisotopic (exact) mass is 253 g/mol. The molecule has 1 saturated heterocycles. The molecular formula is C12H23N5O. The Kier molecular flexibility index (Phi) is 4.68. The standard InChI is InChI=1S/C12H23N5O/c1-3-5-17-12(14-8-15-17)7-11(16-13)10-4-6-18-9(10)2/h8-11,16H,3-7,13H2,1-2H3. The Morgan fingerprint density at radius 3 is 3.11 bits per heavy atom. The molecule has 1 aliphatic rings. The zero-order valence-corrected chi connectivity index (χ0v) is 11.2. The molecule has 6 heteroatoms. The van der Waals surface area contributed by atoms with Gasteiger partial charge in [0, 0.05) is 31.5 Å². The van der Waals surface area contributed by atoms with Gasteiger partial charge in [-0.15, -0.1) is 0 Å². The predicted octanol–water partition coefficient (Wildman–Crippen LogP) is 0.488. The van der Waals surface area contributed by atoms with Crippen LogP contribution in [0.3, 0.4) is 0 Å². The lowest BCUT2D eigenvalue weighted by Crippen LogP contribution is -2.45. The third-order valence-corrected chi connectivity index (χ3v) is 3.70. The van der Waals surface area contributed by atoms with E-state index in [1.165, 1.54) is 0 Å². The minimum Gasteiger partial charge on any atom is -0.378 e. The molecule has 1 aliphatic heterocycles. The number of aryl methyl sites for hydroxylation is 1. The van der Waals surface area contributed by atoms with Crippen LogP contribution in [0, 0.1) is 5.92 Å². The van der Waals surface area contributed by atoms with Gasteiger partial charge >= 0.3 is 0 Å². The van der Waals surface area contributed by atoms with Crippen LogP contribution in [-0.2, 0) is 17.7 Å². The fourth-order valence-electron chi connectivity index (χ4n) is 2.65.